The lowest BCUT2D eigenvalue weighted by molar-refractivity contribution is -0.229. The van der Waals surface area contributed by atoms with Gasteiger partial charge in [0.25, 0.3) is 0 Å². The Morgan fingerprint density at radius 1 is 1.00 bits per heavy atom. The van der Waals surface area contributed by atoms with Crippen LogP contribution in [0.1, 0.15) is 0 Å². The van der Waals surface area contributed by atoms with Gasteiger partial charge in [0.05, 0.1) is 0 Å². The lowest BCUT2D eigenvalue weighted by atomic mass is 10.1. The summed E-state index contributed by atoms with van der Waals surface area (Å²) in [5.41, 5.74) is 0. The zero-order chi connectivity index (χ0) is 7.72. The first-order valence-electron chi connectivity index (χ1n) is 2.76. The standard InChI is InChI=1S/C5H8O5/c6-2-1-10-5(9)4(8)3(2)7/h2-9H/t2-,3+,4-,5?/m1/s1/i1+1. The number of rotatable bonds is 0. The molecular formula is C5H8O5. The Hall–Kier alpha value is -0.200. The molecule has 1 aliphatic heterocycles. The van der Waals surface area contributed by atoms with Gasteiger partial charge in [0.15, 0.2) is 12.9 Å². The zero-order valence-corrected chi connectivity index (χ0v) is 5.01. The molecular weight excluding hydrogens is 141 g/mol. The van der Waals surface area contributed by atoms with Gasteiger partial charge in [-0.05, 0) is 0 Å². The van der Waals surface area contributed by atoms with Gasteiger partial charge in [0.2, 0.25) is 0 Å². The number of hydrogen-bond acceptors (Lipinski definition) is 5. The van der Waals surface area contributed by atoms with Crippen molar-refractivity contribution >= 4 is 0 Å². The monoisotopic (exact) mass is 149 g/mol. The molecule has 58 valence electrons. The molecule has 4 atom stereocenters. The fraction of sp³-hybridized carbons (Fsp3) is 0.800. The van der Waals surface area contributed by atoms with Crippen molar-refractivity contribution in [2.24, 2.45) is 0 Å². The normalized spacial score (nSPS) is 49.2. The summed E-state index contributed by atoms with van der Waals surface area (Å²) in [6, 6.07) is 0. The lowest BCUT2D eigenvalue weighted by Gasteiger charge is -2.30. The van der Waals surface area contributed by atoms with E-state index in [1.165, 1.54) is 0 Å². The fourth-order valence-corrected chi connectivity index (χ4v) is 0.634. The van der Waals surface area contributed by atoms with Crippen molar-refractivity contribution < 1.29 is 25.2 Å². The molecule has 1 saturated heterocycles. The average molecular weight is 149 g/mol. The summed E-state index contributed by atoms with van der Waals surface area (Å²) in [6.45, 7) is 1.91. The van der Waals surface area contributed by atoms with Crippen LogP contribution in [0.15, 0.2) is 0 Å². The third-order valence-electron chi connectivity index (χ3n) is 1.28. The molecule has 1 aliphatic rings. The SMILES string of the molecule is OC1O[13C][C@@H](O)[C@H](O)[C@H]1O. The zero-order valence-electron chi connectivity index (χ0n) is 5.01. The summed E-state index contributed by atoms with van der Waals surface area (Å²) in [7, 11) is 0. The Bertz CT molecular complexity index is 103. The molecule has 0 aromatic rings. The van der Waals surface area contributed by atoms with Gasteiger partial charge in [-0.15, -0.1) is 0 Å². The second-order valence-electron chi connectivity index (χ2n) is 2.05. The Morgan fingerprint density at radius 2 is 1.60 bits per heavy atom. The topological polar surface area (TPSA) is 90.2 Å². The molecule has 0 aromatic heterocycles. The predicted molar refractivity (Wildman–Crippen MR) is 28.4 cm³/mol. The molecule has 1 fully saturated rings. The molecule has 0 aromatic carbocycles. The molecule has 4 N–H and O–H groups in total. The Labute approximate surface area is 57.5 Å². The van der Waals surface area contributed by atoms with Gasteiger partial charge in [-0.25, -0.2) is 0 Å². The van der Waals surface area contributed by atoms with E-state index in [4.69, 9.17) is 20.4 Å². The Kier molecular flexibility index (Phi) is 2.22. The first-order valence-corrected chi connectivity index (χ1v) is 2.76. The van der Waals surface area contributed by atoms with Gasteiger partial charge in [0.1, 0.15) is 18.3 Å². The van der Waals surface area contributed by atoms with E-state index in [-0.39, 0.29) is 0 Å². The number of hydrogen-bond donors (Lipinski definition) is 4. The van der Waals surface area contributed by atoms with Gasteiger partial charge < -0.3 is 25.2 Å². The molecule has 0 spiro atoms. The van der Waals surface area contributed by atoms with Crippen LogP contribution in [0.4, 0.5) is 0 Å². The van der Waals surface area contributed by atoms with Gasteiger partial charge >= 0.3 is 0 Å². The van der Waals surface area contributed by atoms with Crippen molar-refractivity contribution in [2.45, 2.75) is 24.6 Å². The summed E-state index contributed by atoms with van der Waals surface area (Å²) in [4.78, 5) is 0. The molecule has 2 radical (unpaired) electrons. The summed E-state index contributed by atoms with van der Waals surface area (Å²) in [5.74, 6) is 0. The molecule has 1 unspecified atom stereocenters. The van der Waals surface area contributed by atoms with Gasteiger partial charge in [-0.3, -0.25) is 0 Å². The molecule has 0 aliphatic carbocycles. The average Bonchev–Trinajstić information content (AvgIpc) is 1.93. The molecule has 5 nitrogen and oxygen atoms in total. The second kappa shape index (κ2) is 2.81. The minimum atomic E-state index is -1.50. The van der Waals surface area contributed by atoms with E-state index in [0.717, 1.165) is 0 Å². The summed E-state index contributed by atoms with van der Waals surface area (Å²) in [5, 5.41) is 35.0. The fourth-order valence-electron chi connectivity index (χ4n) is 0.634. The van der Waals surface area contributed by atoms with Crippen molar-refractivity contribution in [3.63, 3.8) is 0 Å². The van der Waals surface area contributed by atoms with Crippen LogP contribution in [-0.2, 0) is 4.74 Å². The van der Waals surface area contributed by atoms with E-state index in [9.17, 15) is 0 Å². The number of aliphatic hydroxyl groups excluding tert-OH is 4. The number of ether oxygens (including phenoxy) is 1. The van der Waals surface area contributed by atoms with Crippen molar-refractivity contribution in [3.05, 3.63) is 6.61 Å². The minimum Gasteiger partial charge on any atom is -0.387 e. The van der Waals surface area contributed by atoms with E-state index in [1.54, 1.807) is 0 Å². The van der Waals surface area contributed by atoms with Crippen molar-refractivity contribution in [2.75, 3.05) is 0 Å². The Balaban J connectivity index is 2.52. The minimum absolute atomic E-state index is 1.36. The maximum atomic E-state index is 8.81. The smallest absolute Gasteiger partial charge is 0.184 e. The highest BCUT2D eigenvalue weighted by Crippen LogP contribution is 2.15. The highest BCUT2D eigenvalue weighted by atomic mass is 16.7. The first-order chi connectivity index (χ1) is 4.63. The van der Waals surface area contributed by atoms with Crippen LogP contribution in [0.2, 0.25) is 0 Å². The highest BCUT2D eigenvalue weighted by molar-refractivity contribution is 4.87. The first kappa shape index (κ1) is 7.90. The van der Waals surface area contributed by atoms with E-state index in [1.807, 2.05) is 6.61 Å². The second-order valence-corrected chi connectivity index (χ2v) is 2.05. The van der Waals surface area contributed by atoms with E-state index >= 15 is 0 Å². The van der Waals surface area contributed by atoms with Crippen LogP contribution in [-0.4, -0.2) is 45.0 Å². The van der Waals surface area contributed by atoms with Gasteiger partial charge in [-0.2, -0.15) is 0 Å². The molecule has 1 rings (SSSR count). The van der Waals surface area contributed by atoms with E-state index in [2.05, 4.69) is 4.74 Å². The summed E-state index contributed by atoms with van der Waals surface area (Å²) in [6.07, 6.45) is -5.77. The molecule has 10 heavy (non-hydrogen) atoms. The van der Waals surface area contributed by atoms with Crippen molar-refractivity contribution in [1.29, 1.82) is 0 Å². The molecule has 5 heteroatoms. The quantitative estimate of drug-likeness (QED) is 0.285. The molecule has 0 saturated carbocycles. The highest BCUT2D eigenvalue weighted by Gasteiger charge is 2.37. The van der Waals surface area contributed by atoms with Crippen LogP contribution < -0.4 is 0 Å². The van der Waals surface area contributed by atoms with Crippen molar-refractivity contribution in [3.8, 4) is 0 Å². The van der Waals surface area contributed by atoms with Crippen LogP contribution >= 0.6 is 0 Å². The summed E-state index contributed by atoms with van der Waals surface area (Å²) >= 11 is 0. The van der Waals surface area contributed by atoms with Crippen LogP contribution in [0.5, 0.6) is 0 Å². The third kappa shape index (κ3) is 1.28. The van der Waals surface area contributed by atoms with Crippen molar-refractivity contribution in [1.82, 2.24) is 0 Å². The predicted octanol–water partition coefficient (Wildman–Crippen LogP) is -2.54. The molecule has 0 bridgehead atoms. The van der Waals surface area contributed by atoms with E-state index < -0.39 is 24.6 Å². The summed E-state index contributed by atoms with van der Waals surface area (Å²) < 4.78 is 4.22. The van der Waals surface area contributed by atoms with E-state index in [0.29, 0.717) is 0 Å². The van der Waals surface area contributed by atoms with Crippen LogP contribution in [0.3, 0.4) is 0 Å². The Morgan fingerprint density at radius 3 is 2.10 bits per heavy atom. The van der Waals surface area contributed by atoms with Crippen LogP contribution in [0.25, 0.3) is 0 Å². The maximum absolute atomic E-state index is 8.81. The largest absolute Gasteiger partial charge is 0.387 e. The van der Waals surface area contributed by atoms with Crippen LogP contribution in [0, 0.1) is 6.61 Å². The molecule has 0 amide bonds. The number of aliphatic hydroxyl groups is 4. The maximum Gasteiger partial charge on any atom is 0.184 e. The third-order valence-corrected chi connectivity index (χ3v) is 1.28. The van der Waals surface area contributed by atoms with Gasteiger partial charge in [0, 0.05) is 0 Å². The van der Waals surface area contributed by atoms with Gasteiger partial charge in [-0.1, -0.05) is 0 Å². The lowest BCUT2D eigenvalue weighted by Crippen LogP contribution is -2.50. The molecule has 1 heterocycles.